The van der Waals surface area contributed by atoms with E-state index in [1.54, 1.807) is 59.6 Å². The van der Waals surface area contributed by atoms with Gasteiger partial charge in [0.2, 0.25) is 11.8 Å². The van der Waals surface area contributed by atoms with Gasteiger partial charge in [0.15, 0.2) is 0 Å². The molecule has 2 saturated heterocycles. The molecule has 14 atom stereocenters. The van der Waals surface area contributed by atoms with E-state index in [1.165, 1.54) is 0 Å². The second-order valence-corrected chi connectivity index (χ2v) is 17.1. The average Bonchev–Trinajstić information content (AvgIpc) is 3.65. The summed E-state index contributed by atoms with van der Waals surface area (Å²) in [6.45, 7) is 4.95. The van der Waals surface area contributed by atoms with Gasteiger partial charge in [-0.1, -0.05) is 26.0 Å². The average molecular weight is 783 g/mol. The number of halogens is 1. The standard InChI is InChI=1S/C37H50N2O10.ClHO4/c1-7-38-17-34(18-49-32(42)20-10-8-9-11-23(20)39-26(40)14-19(2)31(39)41)13-12-25(46-4)36-22-15-21-24(45-3)16-35(43,27(22)28(21)47-5)37(44,33(36)38)30(48-6)29(34)36;2-1(3,4)5/h8-11,19,21-22,24-25,27-30,33,43-44H,7,12-18H2,1-6H3;(H,2,3,4,5)/t19-,21+,22+,24-,25-,27+,28-,29+,30-,33-,34-,35+,36-,37+;/m0./s1. The minimum absolute atomic E-state index is 0.0358. The van der Waals surface area contributed by atoms with Crippen molar-refractivity contribution in [3.8, 4) is 0 Å². The van der Waals surface area contributed by atoms with Crippen LogP contribution in [-0.4, -0.2) is 127 Å². The molecule has 16 nitrogen and oxygen atoms in total. The number of anilines is 1. The number of hydrogen-bond acceptors (Lipinski definition) is 15. The van der Waals surface area contributed by atoms with E-state index < -0.39 is 56.3 Å². The Morgan fingerprint density at radius 1 is 1.04 bits per heavy atom. The number of nitrogens with zero attached hydrogens (tertiary/aromatic N) is 2. The Hall–Kier alpha value is -2.32. The van der Waals surface area contributed by atoms with Gasteiger partial charge in [-0.15, -0.1) is 0 Å². The molecule has 7 fully saturated rings. The van der Waals surface area contributed by atoms with Crippen LogP contribution in [0.5, 0.6) is 0 Å². The van der Waals surface area contributed by atoms with E-state index in [1.807, 2.05) is 0 Å². The first-order valence-corrected chi connectivity index (χ1v) is 19.8. The zero-order valence-corrected chi connectivity index (χ0v) is 32.1. The normalized spacial score (nSPS) is 44.6. The number of benzene rings is 1. The third kappa shape index (κ3) is 5.25. The molecule has 0 unspecified atom stereocenters. The second-order valence-electron chi connectivity index (χ2n) is 16.3. The van der Waals surface area contributed by atoms with Crippen LogP contribution in [0, 0.1) is 50.7 Å². The topological polar surface area (TPSA) is 234 Å². The molecule has 2 heterocycles. The lowest BCUT2D eigenvalue weighted by Crippen LogP contribution is -2.82. The number of likely N-dealkylation sites (N-methyl/N-ethyl adjacent to an activating group) is 1. The molecule has 7 bridgehead atoms. The first kappa shape index (κ1) is 39.9. The van der Waals surface area contributed by atoms with Crippen molar-refractivity contribution in [1.82, 2.24) is 4.90 Å². The van der Waals surface area contributed by atoms with Crippen LogP contribution in [0.3, 0.4) is 0 Å². The number of imide groups is 1. The Morgan fingerprint density at radius 3 is 2.30 bits per heavy atom. The van der Waals surface area contributed by atoms with Gasteiger partial charge in [-0.25, -0.2) is 9.69 Å². The third-order valence-corrected chi connectivity index (χ3v) is 14.5. The largest absolute Gasteiger partial charge is 0.461 e. The molecule has 5 saturated carbocycles. The van der Waals surface area contributed by atoms with Gasteiger partial charge in [-0.2, -0.15) is 14.0 Å². The molecule has 1 aromatic rings. The third-order valence-electron chi connectivity index (χ3n) is 14.5. The molecule has 3 N–H and O–H groups in total. The van der Waals surface area contributed by atoms with E-state index >= 15 is 0 Å². The Bertz CT molecular complexity index is 1660. The van der Waals surface area contributed by atoms with Crippen LogP contribution >= 0.6 is 0 Å². The molecule has 300 valence electrons. The van der Waals surface area contributed by atoms with Gasteiger partial charge < -0.3 is 33.9 Å². The Morgan fingerprint density at radius 2 is 1.72 bits per heavy atom. The first-order chi connectivity index (χ1) is 25.4. The van der Waals surface area contributed by atoms with Gasteiger partial charge >= 0.3 is 5.97 Å². The second kappa shape index (κ2) is 13.7. The zero-order valence-electron chi connectivity index (χ0n) is 31.3. The van der Waals surface area contributed by atoms with Crippen LogP contribution in [0.25, 0.3) is 0 Å². The molecule has 2 aliphatic heterocycles. The van der Waals surface area contributed by atoms with Crippen molar-refractivity contribution in [2.45, 2.75) is 87.6 Å². The molecule has 17 heteroatoms. The molecule has 0 aromatic heterocycles. The maximum Gasteiger partial charge on any atom is 0.340 e. The summed E-state index contributed by atoms with van der Waals surface area (Å²) in [5, 5.41) is 26.6. The Kier molecular flexibility index (Phi) is 10.1. The molecular weight excluding hydrogens is 732 g/mol. The number of carbonyl (C=O) groups is 3. The zero-order chi connectivity index (χ0) is 39.3. The SMILES string of the molecule is CCN1C[C@]2(COC(=O)c3ccccc3N3C(=O)C[C@H](C)C3=O)CC[C@H](OC)[C@@]34[C@@H]5C[C@H]6[C@H](OC)[C@@H]5[C@](O)(C[C@@H]6OC)[C@@](O)([C@@H](OC)[C@H]23)[C@@H]14.[O-][Cl+3]([O-])([O-])O. The number of carbonyl (C=O) groups excluding carboxylic acids is 3. The predicted molar refractivity (Wildman–Crippen MR) is 177 cm³/mol. The van der Waals surface area contributed by atoms with Crippen molar-refractivity contribution >= 4 is 23.5 Å². The smallest absolute Gasteiger partial charge is 0.340 e. The summed E-state index contributed by atoms with van der Waals surface area (Å²) in [7, 11) is 2.01. The van der Waals surface area contributed by atoms with E-state index in [0.717, 1.165) is 11.3 Å². The van der Waals surface area contributed by atoms with Crippen molar-refractivity contribution < 1.29 is 77.2 Å². The fourth-order valence-corrected chi connectivity index (χ4v) is 13.2. The van der Waals surface area contributed by atoms with Crippen LogP contribution in [-0.2, 0) is 33.3 Å². The fourth-order valence-electron chi connectivity index (χ4n) is 13.2. The maximum absolute atomic E-state index is 14.1. The summed E-state index contributed by atoms with van der Waals surface area (Å²) in [5.74, 6) is -2.47. The minimum Gasteiger partial charge on any atom is -0.461 e. The Labute approximate surface area is 316 Å². The van der Waals surface area contributed by atoms with Gasteiger partial charge in [0.1, 0.15) is 11.2 Å². The highest BCUT2D eigenvalue weighted by Gasteiger charge is 2.91. The van der Waals surface area contributed by atoms with E-state index in [4.69, 9.17) is 42.3 Å². The number of likely N-dealkylation sites (tertiary alicyclic amines) is 1. The Balaban J connectivity index is 0.000000846. The quantitative estimate of drug-likeness (QED) is 0.180. The highest BCUT2D eigenvalue weighted by Crippen LogP contribution is 2.80. The number of fused-ring (bicyclic) bond motifs is 2. The number of ether oxygens (including phenoxy) is 5. The number of para-hydroxylation sites is 1. The van der Waals surface area contributed by atoms with Gasteiger partial charge in [0.05, 0.1) is 63.2 Å². The van der Waals surface area contributed by atoms with Crippen LogP contribution in [0.15, 0.2) is 24.3 Å². The summed E-state index contributed by atoms with van der Waals surface area (Å²) < 4.78 is 64.1. The lowest BCUT2D eigenvalue weighted by Gasteiger charge is -2.70. The van der Waals surface area contributed by atoms with Crippen molar-refractivity contribution in [2.24, 2.45) is 40.4 Å². The van der Waals surface area contributed by atoms with E-state index in [2.05, 4.69) is 11.8 Å². The molecule has 8 rings (SSSR count). The highest BCUT2D eigenvalue weighted by molar-refractivity contribution is 6.22. The number of rotatable bonds is 9. The van der Waals surface area contributed by atoms with E-state index in [9.17, 15) is 24.6 Å². The lowest BCUT2D eigenvalue weighted by atomic mass is 9.42. The van der Waals surface area contributed by atoms with Gasteiger partial charge in [-0.05, 0) is 43.9 Å². The van der Waals surface area contributed by atoms with Crippen LogP contribution in [0.1, 0.15) is 56.3 Å². The number of amides is 2. The van der Waals surface area contributed by atoms with E-state index in [0.29, 0.717) is 25.9 Å². The number of methoxy groups -OCH3 is 4. The monoisotopic (exact) mass is 782 g/mol. The number of piperidine rings is 1. The van der Waals surface area contributed by atoms with E-state index in [-0.39, 0.29) is 84.5 Å². The molecular formula is C37H51ClN2O14. The molecule has 2 amide bonds. The van der Waals surface area contributed by atoms with Crippen molar-refractivity contribution in [2.75, 3.05) is 53.0 Å². The molecule has 54 heavy (non-hydrogen) atoms. The molecule has 7 aliphatic rings. The number of esters is 1. The predicted octanol–water partition coefficient (Wildman–Crippen LogP) is -2.09. The molecule has 0 radical (unpaired) electrons. The number of hydrogen-bond donors (Lipinski definition) is 3. The highest BCUT2D eigenvalue weighted by atomic mass is 35.7. The van der Waals surface area contributed by atoms with Crippen LogP contribution < -0.4 is 18.9 Å². The summed E-state index contributed by atoms with van der Waals surface area (Å²) >= 11 is 0. The van der Waals surface area contributed by atoms with Crippen LogP contribution in [0.2, 0.25) is 0 Å². The van der Waals surface area contributed by atoms with Crippen molar-refractivity contribution in [3.05, 3.63) is 29.8 Å². The van der Waals surface area contributed by atoms with Gasteiger partial charge in [0.25, 0.3) is 0 Å². The fraction of sp³-hybridized carbons (Fsp3) is 0.757. The summed E-state index contributed by atoms with van der Waals surface area (Å²) in [6, 6.07) is 6.12. The van der Waals surface area contributed by atoms with Crippen molar-refractivity contribution in [3.63, 3.8) is 0 Å². The molecule has 1 spiro atoms. The minimum atomic E-state index is -4.69. The van der Waals surface area contributed by atoms with Crippen LogP contribution in [0.4, 0.5) is 5.69 Å². The lowest BCUT2D eigenvalue weighted by molar-refractivity contribution is -1.92. The molecule has 1 aromatic carbocycles. The van der Waals surface area contributed by atoms with Gasteiger partial charge in [0, 0.05) is 82.3 Å². The summed E-state index contributed by atoms with van der Waals surface area (Å²) in [4.78, 5) is 43.3. The van der Waals surface area contributed by atoms with Gasteiger partial charge in [-0.3, -0.25) is 14.5 Å². The summed E-state index contributed by atoms with van der Waals surface area (Å²) in [5.41, 5.74) is -4.17. The van der Waals surface area contributed by atoms with Crippen molar-refractivity contribution in [1.29, 1.82) is 0 Å². The summed E-state index contributed by atoms with van der Waals surface area (Å²) in [6.07, 6.45) is 0.813. The maximum atomic E-state index is 14.1. The first-order valence-electron chi connectivity index (χ1n) is 18.5. The number of aliphatic hydroxyl groups is 2. The molecule has 5 aliphatic carbocycles.